The van der Waals surface area contributed by atoms with Crippen LogP contribution in [0.3, 0.4) is 0 Å². The van der Waals surface area contributed by atoms with Crippen LogP contribution in [-0.4, -0.2) is 7.05 Å². The van der Waals surface area contributed by atoms with Crippen molar-refractivity contribution in [1.82, 2.24) is 5.32 Å². The maximum atomic E-state index is 13.4. The predicted octanol–water partition coefficient (Wildman–Crippen LogP) is 3.75. The second kappa shape index (κ2) is 6.68. The summed E-state index contributed by atoms with van der Waals surface area (Å²) in [6.45, 7) is 3.26. The molecular formula is C15H18FNOS. The molecule has 0 atom stereocenters. The molecule has 0 spiro atoms. The van der Waals surface area contributed by atoms with Crippen LogP contribution in [0.2, 0.25) is 0 Å². The first kappa shape index (κ1) is 14.0. The third-order valence-corrected chi connectivity index (χ3v) is 3.96. The number of halogens is 1. The number of benzene rings is 1. The van der Waals surface area contributed by atoms with Gasteiger partial charge in [0.1, 0.15) is 18.2 Å². The Bertz CT molecular complexity index is 539. The predicted molar refractivity (Wildman–Crippen MR) is 77.2 cm³/mol. The molecule has 19 heavy (non-hydrogen) atoms. The summed E-state index contributed by atoms with van der Waals surface area (Å²) in [5, 5.41) is 3.00. The van der Waals surface area contributed by atoms with Crippen molar-refractivity contribution < 1.29 is 9.13 Å². The van der Waals surface area contributed by atoms with Gasteiger partial charge in [0, 0.05) is 22.4 Å². The number of rotatable bonds is 6. The number of aryl methyl sites for hydroxylation is 1. The molecule has 0 radical (unpaired) electrons. The minimum absolute atomic E-state index is 0.261. The summed E-state index contributed by atoms with van der Waals surface area (Å²) in [5.41, 5.74) is 0.887. The molecule has 0 aliphatic rings. The molecule has 0 aliphatic carbocycles. The Morgan fingerprint density at radius 3 is 2.68 bits per heavy atom. The second-order valence-corrected chi connectivity index (χ2v) is 5.59. The minimum atomic E-state index is -0.261. The van der Waals surface area contributed by atoms with Gasteiger partial charge < -0.3 is 10.1 Å². The van der Waals surface area contributed by atoms with Crippen molar-refractivity contribution in [1.29, 1.82) is 0 Å². The fourth-order valence-electron chi connectivity index (χ4n) is 1.85. The standard InChI is InChI=1S/C15H18FNOS/c1-3-14-4-5-15(19-14)10-18-13-7-11(9-17-2)6-12(16)8-13/h4-8,17H,3,9-10H2,1-2H3. The molecule has 2 nitrogen and oxygen atoms in total. The van der Waals surface area contributed by atoms with Gasteiger partial charge in [-0.3, -0.25) is 0 Å². The van der Waals surface area contributed by atoms with Crippen molar-refractivity contribution in [3.05, 3.63) is 51.5 Å². The van der Waals surface area contributed by atoms with Crippen molar-refractivity contribution in [3.8, 4) is 5.75 Å². The van der Waals surface area contributed by atoms with E-state index in [1.165, 1.54) is 17.0 Å². The Kier molecular flexibility index (Phi) is 4.93. The van der Waals surface area contributed by atoms with Crippen molar-refractivity contribution in [3.63, 3.8) is 0 Å². The lowest BCUT2D eigenvalue weighted by molar-refractivity contribution is 0.307. The Labute approximate surface area is 117 Å². The first-order valence-electron chi connectivity index (χ1n) is 6.35. The molecule has 0 saturated heterocycles. The number of hydrogen-bond donors (Lipinski definition) is 1. The highest BCUT2D eigenvalue weighted by Gasteiger charge is 2.04. The first-order chi connectivity index (χ1) is 9.21. The summed E-state index contributed by atoms with van der Waals surface area (Å²) < 4.78 is 19.1. The third kappa shape index (κ3) is 4.04. The monoisotopic (exact) mass is 279 g/mol. The summed E-state index contributed by atoms with van der Waals surface area (Å²) in [5.74, 6) is 0.319. The summed E-state index contributed by atoms with van der Waals surface area (Å²) in [7, 11) is 1.84. The van der Waals surface area contributed by atoms with E-state index < -0.39 is 0 Å². The van der Waals surface area contributed by atoms with E-state index in [0.717, 1.165) is 16.9 Å². The topological polar surface area (TPSA) is 21.3 Å². The first-order valence-corrected chi connectivity index (χ1v) is 7.17. The van der Waals surface area contributed by atoms with Crippen LogP contribution < -0.4 is 10.1 Å². The zero-order valence-electron chi connectivity index (χ0n) is 11.2. The maximum Gasteiger partial charge on any atom is 0.127 e. The molecule has 1 heterocycles. The van der Waals surface area contributed by atoms with Gasteiger partial charge in [0.2, 0.25) is 0 Å². The zero-order valence-corrected chi connectivity index (χ0v) is 12.0. The summed E-state index contributed by atoms with van der Waals surface area (Å²) in [4.78, 5) is 2.50. The third-order valence-electron chi connectivity index (χ3n) is 2.76. The quantitative estimate of drug-likeness (QED) is 0.869. The van der Waals surface area contributed by atoms with Gasteiger partial charge >= 0.3 is 0 Å². The molecule has 1 aromatic carbocycles. The van der Waals surface area contributed by atoms with Crippen LogP contribution in [0.15, 0.2) is 30.3 Å². The van der Waals surface area contributed by atoms with Crippen molar-refractivity contribution in [2.75, 3.05) is 7.05 Å². The summed E-state index contributed by atoms with van der Waals surface area (Å²) in [6.07, 6.45) is 1.04. The van der Waals surface area contributed by atoms with E-state index in [2.05, 4.69) is 24.4 Å². The smallest absolute Gasteiger partial charge is 0.127 e. The van der Waals surface area contributed by atoms with Gasteiger partial charge in [-0.05, 0) is 43.3 Å². The highest BCUT2D eigenvalue weighted by atomic mass is 32.1. The van der Waals surface area contributed by atoms with E-state index in [-0.39, 0.29) is 5.82 Å². The lowest BCUT2D eigenvalue weighted by Gasteiger charge is -2.07. The average Bonchev–Trinajstić information content (AvgIpc) is 2.84. The van der Waals surface area contributed by atoms with E-state index in [1.807, 2.05) is 13.1 Å². The largest absolute Gasteiger partial charge is 0.488 e. The maximum absolute atomic E-state index is 13.4. The molecular weight excluding hydrogens is 261 g/mol. The van der Waals surface area contributed by atoms with Crippen LogP contribution in [0, 0.1) is 5.82 Å². The van der Waals surface area contributed by atoms with Crippen LogP contribution in [0.4, 0.5) is 4.39 Å². The van der Waals surface area contributed by atoms with E-state index in [0.29, 0.717) is 18.9 Å². The second-order valence-electron chi connectivity index (χ2n) is 4.34. The number of thiophene rings is 1. The lowest BCUT2D eigenvalue weighted by atomic mass is 10.2. The summed E-state index contributed by atoms with van der Waals surface area (Å²) >= 11 is 1.74. The molecule has 2 rings (SSSR count). The molecule has 2 aromatic rings. The van der Waals surface area contributed by atoms with Gasteiger partial charge in [-0.25, -0.2) is 4.39 Å². The molecule has 0 fully saturated rings. The Morgan fingerprint density at radius 2 is 2.00 bits per heavy atom. The highest BCUT2D eigenvalue weighted by Crippen LogP contribution is 2.21. The molecule has 1 aromatic heterocycles. The van der Waals surface area contributed by atoms with Gasteiger partial charge in [-0.15, -0.1) is 11.3 Å². The van der Waals surface area contributed by atoms with Crippen molar-refractivity contribution >= 4 is 11.3 Å². The highest BCUT2D eigenvalue weighted by molar-refractivity contribution is 7.11. The van der Waals surface area contributed by atoms with Gasteiger partial charge in [-0.2, -0.15) is 0 Å². The molecule has 1 N–H and O–H groups in total. The Morgan fingerprint density at radius 1 is 1.21 bits per heavy atom. The number of hydrogen-bond acceptors (Lipinski definition) is 3. The van der Waals surface area contributed by atoms with Gasteiger partial charge in [0.05, 0.1) is 0 Å². The van der Waals surface area contributed by atoms with Crippen molar-refractivity contribution in [2.45, 2.75) is 26.5 Å². The van der Waals surface area contributed by atoms with Crippen LogP contribution in [0.25, 0.3) is 0 Å². The zero-order chi connectivity index (χ0) is 13.7. The normalized spacial score (nSPS) is 10.7. The lowest BCUT2D eigenvalue weighted by Crippen LogP contribution is -2.05. The molecule has 0 aliphatic heterocycles. The average molecular weight is 279 g/mol. The minimum Gasteiger partial charge on any atom is -0.488 e. The molecule has 0 bridgehead atoms. The van der Waals surface area contributed by atoms with Gasteiger partial charge in [-0.1, -0.05) is 6.92 Å². The van der Waals surface area contributed by atoms with E-state index >= 15 is 0 Å². The number of ether oxygens (including phenoxy) is 1. The van der Waals surface area contributed by atoms with Crippen LogP contribution in [-0.2, 0) is 19.6 Å². The van der Waals surface area contributed by atoms with Gasteiger partial charge in [0.15, 0.2) is 0 Å². The molecule has 0 unspecified atom stereocenters. The fraction of sp³-hybridized carbons (Fsp3) is 0.333. The number of nitrogens with one attached hydrogen (secondary N) is 1. The molecule has 0 amide bonds. The molecule has 102 valence electrons. The van der Waals surface area contributed by atoms with E-state index in [1.54, 1.807) is 11.3 Å². The Balaban J connectivity index is 2.02. The summed E-state index contributed by atoms with van der Waals surface area (Å²) in [6, 6.07) is 8.99. The van der Waals surface area contributed by atoms with Crippen molar-refractivity contribution in [2.24, 2.45) is 0 Å². The van der Waals surface area contributed by atoms with Crippen LogP contribution in [0.1, 0.15) is 22.2 Å². The van der Waals surface area contributed by atoms with E-state index in [9.17, 15) is 4.39 Å². The van der Waals surface area contributed by atoms with E-state index in [4.69, 9.17) is 4.74 Å². The Hall–Kier alpha value is -1.39. The molecule has 4 heteroatoms. The fourth-order valence-corrected chi connectivity index (χ4v) is 2.73. The van der Waals surface area contributed by atoms with Crippen LogP contribution >= 0.6 is 11.3 Å². The van der Waals surface area contributed by atoms with Gasteiger partial charge in [0.25, 0.3) is 0 Å². The van der Waals surface area contributed by atoms with Crippen LogP contribution in [0.5, 0.6) is 5.75 Å². The SMILES string of the molecule is CCc1ccc(COc2cc(F)cc(CNC)c2)s1. The molecule has 0 saturated carbocycles.